The molecule has 0 fully saturated rings. The highest BCUT2D eigenvalue weighted by Crippen LogP contribution is 2.34. The molecule has 0 aliphatic rings. The molecule has 2 aromatic carbocycles. The first kappa shape index (κ1) is 20.2. The predicted octanol–water partition coefficient (Wildman–Crippen LogP) is 5.78. The summed E-state index contributed by atoms with van der Waals surface area (Å²) >= 11 is 17.4. The van der Waals surface area contributed by atoms with Gasteiger partial charge in [0.15, 0.2) is 10.9 Å². The molecule has 0 aliphatic carbocycles. The van der Waals surface area contributed by atoms with E-state index in [-0.39, 0.29) is 10.9 Å². The van der Waals surface area contributed by atoms with Gasteiger partial charge in [0.25, 0.3) is 5.91 Å². The van der Waals surface area contributed by atoms with Gasteiger partial charge in [-0.1, -0.05) is 29.3 Å². The number of benzene rings is 2. The highest BCUT2D eigenvalue weighted by molar-refractivity contribution is 7.80. The molecule has 1 aromatic heterocycles. The van der Waals surface area contributed by atoms with E-state index in [4.69, 9.17) is 44.6 Å². The molecule has 1 heterocycles. The van der Waals surface area contributed by atoms with Crippen LogP contribution in [-0.2, 0) is 0 Å². The summed E-state index contributed by atoms with van der Waals surface area (Å²) in [5, 5.41) is 6.41. The fraction of sp³-hybridized carbons (Fsp3) is 0.100. The third-order valence-electron chi connectivity index (χ3n) is 3.70. The molecule has 3 aromatic rings. The van der Waals surface area contributed by atoms with Gasteiger partial charge in [0, 0.05) is 11.3 Å². The molecule has 0 spiro atoms. The Morgan fingerprint density at radius 2 is 1.86 bits per heavy atom. The zero-order valence-electron chi connectivity index (χ0n) is 14.8. The van der Waals surface area contributed by atoms with Gasteiger partial charge in [-0.3, -0.25) is 10.1 Å². The molecule has 0 unspecified atom stereocenters. The molecule has 28 heavy (non-hydrogen) atoms. The number of carbonyl (C=O) groups is 1. The van der Waals surface area contributed by atoms with E-state index < -0.39 is 5.91 Å². The second-order valence-corrected chi connectivity index (χ2v) is 6.82. The topological polar surface area (TPSA) is 63.5 Å². The molecule has 0 atom stereocenters. The number of hydrogen-bond acceptors (Lipinski definition) is 4. The van der Waals surface area contributed by atoms with Gasteiger partial charge in [0.1, 0.15) is 11.5 Å². The molecule has 0 radical (unpaired) electrons. The quantitative estimate of drug-likeness (QED) is 0.498. The van der Waals surface area contributed by atoms with Crippen molar-refractivity contribution in [2.75, 3.05) is 11.9 Å². The van der Waals surface area contributed by atoms with Crippen molar-refractivity contribution in [2.45, 2.75) is 6.92 Å². The van der Waals surface area contributed by atoms with Crippen molar-refractivity contribution in [1.29, 1.82) is 0 Å². The van der Waals surface area contributed by atoms with E-state index in [2.05, 4.69) is 10.6 Å². The summed E-state index contributed by atoms with van der Waals surface area (Å²) in [6.45, 7) is 2.50. The average molecular weight is 435 g/mol. The van der Waals surface area contributed by atoms with E-state index in [0.29, 0.717) is 28.0 Å². The van der Waals surface area contributed by atoms with Crippen LogP contribution in [0.15, 0.2) is 59.0 Å². The lowest BCUT2D eigenvalue weighted by Gasteiger charge is -2.09. The monoisotopic (exact) mass is 434 g/mol. The number of anilines is 1. The number of nitrogens with one attached hydrogen (secondary N) is 2. The molecular weight excluding hydrogens is 419 g/mol. The van der Waals surface area contributed by atoms with Crippen molar-refractivity contribution in [2.24, 2.45) is 0 Å². The molecule has 0 aliphatic heterocycles. The number of rotatable bonds is 5. The Bertz CT molecular complexity index is 1000. The maximum absolute atomic E-state index is 12.4. The van der Waals surface area contributed by atoms with E-state index in [1.165, 1.54) is 0 Å². The minimum atomic E-state index is -0.479. The van der Waals surface area contributed by atoms with Crippen molar-refractivity contribution in [3.8, 4) is 17.1 Å². The smallest absolute Gasteiger partial charge is 0.293 e. The van der Waals surface area contributed by atoms with Gasteiger partial charge in [0.05, 0.1) is 16.7 Å². The van der Waals surface area contributed by atoms with E-state index >= 15 is 0 Å². The molecule has 2 N–H and O–H groups in total. The Hall–Kier alpha value is -2.54. The van der Waals surface area contributed by atoms with Gasteiger partial charge in [-0.25, -0.2) is 0 Å². The van der Waals surface area contributed by atoms with Crippen molar-refractivity contribution in [3.63, 3.8) is 0 Å². The summed E-state index contributed by atoms with van der Waals surface area (Å²) in [5.74, 6) is 0.809. The second kappa shape index (κ2) is 9.10. The predicted molar refractivity (Wildman–Crippen MR) is 115 cm³/mol. The highest BCUT2D eigenvalue weighted by atomic mass is 35.5. The van der Waals surface area contributed by atoms with Crippen molar-refractivity contribution >= 4 is 52.1 Å². The lowest BCUT2D eigenvalue weighted by atomic mass is 10.2. The van der Waals surface area contributed by atoms with Crippen LogP contribution in [0.25, 0.3) is 11.3 Å². The third-order valence-corrected chi connectivity index (χ3v) is 4.72. The molecule has 0 saturated heterocycles. The van der Waals surface area contributed by atoms with Crippen LogP contribution in [0, 0.1) is 0 Å². The highest BCUT2D eigenvalue weighted by Gasteiger charge is 2.16. The molecule has 1 amide bonds. The normalized spacial score (nSPS) is 10.4. The third kappa shape index (κ3) is 4.84. The van der Waals surface area contributed by atoms with Crippen LogP contribution < -0.4 is 15.4 Å². The Labute approximate surface area is 177 Å². The van der Waals surface area contributed by atoms with Crippen molar-refractivity contribution < 1.29 is 13.9 Å². The van der Waals surface area contributed by atoms with Gasteiger partial charge in [-0.2, -0.15) is 0 Å². The Morgan fingerprint density at radius 3 is 2.57 bits per heavy atom. The molecule has 0 bridgehead atoms. The lowest BCUT2D eigenvalue weighted by Crippen LogP contribution is -2.33. The average Bonchev–Trinajstić information content (AvgIpc) is 3.16. The molecule has 3 rings (SSSR count). The fourth-order valence-electron chi connectivity index (χ4n) is 2.43. The summed E-state index contributed by atoms with van der Waals surface area (Å²) in [5.41, 5.74) is 1.32. The van der Waals surface area contributed by atoms with Crippen LogP contribution in [0.3, 0.4) is 0 Å². The molecule has 8 heteroatoms. The minimum Gasteiger partial charge on any atom is -0.494 e. The summed E-state index contributed by atoms with van der Waals surface area (Å²) in [6.07, 6.45) is 0. The molecular formula is C20H16Cl2N2O3S. The largest absolute Gasteiger partial charge is 0.494 e. The van der Waals surface area contributed by atoms with Gasteiger partial charge in [-0.05, 0) is 67.7 Å². The fourth-order valence-corrected chi connectivity index (χ4v) is 3.03. The van der Waals surface area contributed by atoms with Crippen molar-refractivity contribution in [1.82, 2.24) is 5.32 Å². The SMILES string of the molecule is CCOc1ccc(NC(=S)NC(=O)c2ccc(-c3cccc(Cl)c3Cl)o2)cc1. The van der Waals surface area contributed by atoms with Crippen LogP contribution in [0.2, 0.25) is 10.0 Å². The van der Waals surface area contributed by atoms with E-state index in [9.17, 15) is 4.79 Å². The van der Waals surface area contributed by atoms with Crippen LogP contribution in [0.5, 0.6) is 5.75 Å². The lowest BCUT2D eigenvalue weighted by molar-refractivity contribution is 0.0951. The zero-order chi connectivity index (χ0) is 20.1. The number of ether oxygens (including phenoxy) is 1. The number of furan rings is 1. The minimum absolute atomic E-state index is 0.0990. The summed E-state index contributed by atoms with van der Waals surface area (Å²) in [7, 11) is 0. The zero-order valence-corrected chi connectivity index (χ0v) is 17.1. The Morgan fingerprint density at radius 1 is 1.11 bits per heavy atom. The number of amides is 1. The first-order valence-electron chi connectivity index (χ1n) is 8.37. The number of carbonyl (C=O) groups excluding carboxylic acids is 1. The first-order chi connectivity index (χ1) is 13.5. The maximum Gasteiger partial charge on any atom is 0.293 e. The van der Waals surface area contributed by atoms with E-state index in [0.717, 1.165) is 11.4 Å². The van der Waals surface area contributed by atoms with Gasteiger partial charge in [0.2, 0.25) is 0 Å². The Kier molecular flexibility index (Phi) is 6.57. The van der Waals surface area contributed by atoms with Gasteiger partial charge >= 0.3 is 0 Å². The first-order valence-corrected chi connectivity index (χ1v) is 9.53. The standard InChI is InChI=1S/C20H16Cl2N2O3S/c1-2-26-13-8-6-12(7-9-13)23-20(28)24-19(25)17-11-10-16(27-17)14-4-3-5-15(21)18(14)22/h3-11H,2H2,1H3,(H2,23,24,25,28). The number of thiocarbonyl (C=S) groups is 1. The van der Waals surface area contributed by atoms with Crippen LogP contribution in [-0.4, -0.2) is 17.6 Å². The Balaban J connectivity index is 1.64. The van der Waals surface area contributed by atoms with Crippen LogP contribution >= 0.6 is 35.4 Å². The maximum atomic E-state index is 12.4. The number of hydrogen-bond donors (Lipinski definition) is 2. The summed E-state index contributed by atoms with van der Waals surface area (Å²) in [6, 6.07) is 15.6. The van der Waals surface area contributed by atoms with Crippen LogP contribution in [0.1, 0.15) is 17.5 Å². The summed E-state index contributed by atoms with van der Waals surface area (Å²) in [4.78, 5) is 12.4. The molecule has 0 saturated carbocycles. The van der Waals surface area contributed by atoms with E-state index in [1.807, 2.05) is 19.1 Å². The summed E-state index contributed by atoms with van der Waals surface area (Å²) < 4.78 is 11.0. The molecule has 144 valence electrons. The van der Waals surface area contributed by atoms with Crippen molar-refractivity contribution in [3.05, 3.63) is 70.4 Å². The second-order valence-electron chi connectivity index (χ2n) is 5.63. The van der Waals surface area contributed by atoms with Gasteiger partial charge < -0.3 is 14.5 Å². The van der Waals surface area contributed by atoms with Gasteiger partial charge in [-0.15, -0.1) is 0 Å². The molecule has 5 nitrogen and oxygen atoms in total. The van der Waals surface area contributed by atoms with E-state index in [1.54, 1.807) is 42.5 Å². The number of halogens is 2. The van der Waals surface area contributed by atoms with Crippen LogP contribution in [0.4, 0.5) is 5.69 Å².